The van der Waals surface area contributed by atoms with Gasteiger partial charge in [-0.1, -0.05) is 154 Å². The van der Waals surface area contributed by atoms with E-state index < -0.39 is 29.3 Å². The Morgan fingerprint density at radius 2 is 0.662 bits per heavy atom. The summed E-state index contributed by atoms with van der Waals surface area (Å²) >= 11 is 0. The number of hydrogen-bond donors (Lipinski definition) is 0. The second kappa shape index (κ2) is 36.5. The Morgan fingerprint density at radius 3 is 0.971 bits per heavy atom. The first-order chi connectivity index (χ1) is 33.2. The molecule has 0 aliphatic rings. The Hall–Kier alpha value is -5.52. The highest BCUT2D eigenvalue weighted by Crippen LogP contribution is 2.29. The number of hydrogen-bond acceptors (Lipinski definition) is 10. The SMILES string of the molecule is C=CC(=O)OCCCCCCCCCCCCCCCOc1ccc(C(=O)Oc2cc(F)c(OC(=O)c3ccc(OCCCCCCCCCCCCCCCOC(=O)C=C)cc3)c(F)c2)cc1. The number of ether oxygens (including phenoxy) is 6. The molecule has 0 heterocycles. The molecule has 0 N–H and O–H groups in total. The van der Waals surface area contributed by atoms with Crippen LogP contribution in [0.1, 0.15) is 188 Å². The van der Waals surface area contributed by atoms with Crippen LogP contribution in [0.2, 0.25) is 0 Å². The highest BCUT2D eigenvalue weighted by Gasteiger charge is 2.20. The van der Waals surface area contributed by atoms with Crippen LogP contribution < -0.4 is 18.9 Å². The van der Waals surface area contributed by atoms with Crippen molar-refractivity contribution in [3.8, 4) is 23.0 Å². The molecule has 68 heavy (non-hydrogen) atoms. The van der Waals surface area contributed by atoms with E-state index in [1.807, 2.05) is 0 Å². The van der Waals surface area contributed by atoms with Crippen molar-refractivity contribution in [3.63, 3.8) is 0 Å². The maximum Gasteiger partial charge on any atom is 0.343 e. The molecule has 374 valence electrons. The molecule has 0 fully saturated rings. The monoisotopic (exact) mass is 947 g/mol. The molecule has 0 bridgehead atoms. The fourth-order valence-electron chi connectivity index (χ4n) is 7.53. The first-order valence-corrected chi connectivity index (χ1v) is 25.2. The number of esters is 4. The van der Waals surface area contributed by atoms with E-state index in [1.54, 1.807) is 24.3 Å². The molecule has 0 amide bonds. The van der Waals surface area contributed by atoms with Gasteiger partial charge in [0, 0.05) is 24.3 Å². The van der Waals surface area contributed by atoms with Gasteiger partial charge in [0.05, 0.1) is 37.6 Å². The standard InChI is InChI=1S/C56H76F2O10/c1-3-52(59)65-41-29-25-21-17-13-9-5-7-11-15-19-23-27-39-63-47-35-31-45(32-36-47)55(61)67-49-43-50(57)54(51(58)44-49)68-56(62)46-33-37-48(38-34-46)64-40-28-24-20-16-12-8-6-10-14-18-22-26-30-42-66-53(60)4-2/h3-4,31-38,43-44H,1-2,5-30,39-42H2. The molecule has 0 saturated carbocycles. The normalized spacial score (nSPS) is 10.9. The van der Waals surface area contributed by atoms with Crippen molar-refractivity contribution < 1.29 is 56.4 Å². The second-order valence-electron chi connectivity index (χ2n) is 17.2. The Morgan fingerprint density at radius 1 is 0.382 bits per heavy atom. The second-order valence-corrected chi connectivity index (χ2v) is 17.2. The van der Waals surface area contributed by atoms with Gasteiger partial charge in [-0.05, 0) is 74.2 Å². The largest absolute Gasteiger partial charge is 0.494 e. The summed E-state index contributed by atoms with van der Waals surface area (Å²) in [6.45, 7) is 8.83. The molecular weight excluding hydrogens is 871 g/mol. The average molecular weight is 947 g/mol. The van der Waals surface area contributed by atoms with Crippen LogP contribution >= 0.6 is 0 Å². The molecule has 3 aromatic carbocycles. The van der Waals surface area contributed by atoms with E-state index in [-0.39, 0.29) is 28.8 Å². The van der Waals surface area contributed by atoms with Crippen molar-refractivity contribution in [2.75, 3.05) is 26.4 Å². The fourth-order valence-corrected chi connectivity index (χ4v) is 7.53. The molecule has 0 aromatic heterocycles. The zero-order valence-electron chi connectivity index (χ0n) is 40.4. The van der Waals surface area contributed by atoms with Crippen molar-refractivity contribution in [1.82, 2.24) is 0 Å². The summed E-state index contributed by atoms with van der Waals surface area (Å²) in [7, 11) is 0. The molecule has 10 nitrogen and oxygen atoms in total. The van der Waals surface area contributed by atoms with Gasteiger partial charge >= 0.3 is 23.9 Å². The highest BCUT2D eigenvalue weighted by molar-refractivity contribution is 5.92. The van der Waals surface area contributed by atoms with Crippen molar-refractivity contribution in [1.29, 1.82) is 0 Å². The number of carbonyl (C=O) groups excluding carboxylic acids is 4. The van der Waals surface area contributed by atoms with E-state index >= 15 is 0 Å². The van der Waals surface area contributed by atoms with Gasteiger partial charge in [0.15, 0.2) is 11.6 Å². The van der Waals surface area contributed by atoms with E-state index in [0.717, 1.165) is 76.3 Å². The predicted octanol–water partition coefficient (Wildman–Crippen LogP) is 14.8. The fraction of sp³-hybridized carbons (Fsp3) is 0.536. The Kier molecular flexibility index (Phi) is 30.5. The molecule has 0 unspecified atom stereocenters. The van der Waals surface area contributed by atoms with Gasteiger partial charge in [-0.3, -0.25) is 0 Å². The van der Waals surface area contributed by atoms with Crippen LogP contribution in [0.15, 0.2) is 86.0 Å². The Bertz CT molecular complexity index is 1870. The summed E-state index contributed by atoms with van der Waals surface area (Å²) in [6.07, 6.45) is 32.4. The summed E-state index contributed by atoms with van der Waals surface area (Å²) in [6, 6.07) is 14.1. The number of unbranched alkanes of at least 4 members (excludes halogenated alkanes) is 24. The van der Waals surface area contributed by atoms with E-state index in [1.165, 1.54) is 139 Å². The van der Waals surface area contributed by atoms with Crippen LogP contribution in [-0.2, 0) is 19.1 Å². The summed E-state index contributed by atoms with van der Waals surface area (Å²) in [5, 5.41) is 0. The number of carbonyl (C=O) groups is 4. The van der Waals surface area contributed by atoms with Crippen LogP contribution in [-0.4, -0.2) is 50.3 Å². The van der Waals surface area contributed by atoms with Gasteiger partial charge in [0.1, 0.15) is 17.2 Å². The topological polar surface area (TPSA) is 124 Å². The molecule has 12 heteroatoms. The lowest BCUT2D eigenvalue weighted by atomic mass is 10.0. The molecule has 0 spiro atoms. The third-order valence-electron chi connectivity index (χ3n) is 11.5. The smallest absolute Gasteiger partial charge is 0.343 e. The lowest BCUT2D eigenvalue weighted by Crippen LogP contribution is -2.12. The molecule has 0 radical (unpaired) electrons. The summed E-state index contributed by atoms with van der Waals surface area (Å²) in [5.74, 6) is -4.96. The van der Waals surface area contributed by atoms with Crippen LogP contribution in [0.25, 0.3) is 0 Å². The summed E-state index contributed by atoms with van der Waals surface area (Å²) in [5.41, 5.74) is 0.258. The van der Waals surface area contributed by atoms with Gasteiger partial charge in [-0.25, -0.2) is 28.0 Å². The molecule has 3 aromatic rings. The zero-order valence-corrected chi connectivity index (χ0v) is 40.4. The van der Waals surface area contributed by atoms with E-state index in [4.69, 9.17) is 28.4 Å². The van der Waals surface area contributed by atoms with Crippen LogP contribution in [0.4, 0.5) is 8.78 Å². The van der Waals surface area contributed by atoms with Crippen molar-refractivity contribution in [2.24, 2.45) is 0 Å². The van der Waals surface area contributed by atoms with Crippen LogP contribution in [0.3, 0.4) is 0 Å². The van der Waals surface area contributed by atoms with E-state index in [0.29, 0.717) is 37.9 Å². The van der Waals surface area contributed by atoms with Gasteiger partial charge in [-0.15, -0.1) is 0 Å². The van der Waals surface area contributed by atoms with Crippen molar-refractivity contribution in [3.05, 3.63) is 109 Å². The molecular formula is C56H76F2O10. The van der Waals surface area contributed by atoms with Gasteiger partial charge in [0.25, 0.3) is 0 Å². The number of rotatable bonds is 40. The molecule has 3 rings (SSSR count). The molecule has 0 atom stereocenters. The average Bonchev–Trinajstić information content (AvgIpc) is 3.34. The Labute approximate surface area is 404 Å². The van der Waals surface area contributed by atoms with Crippen LogP contribution in [0, 0.1) is 11.6 Å². The molecule has 0 aliphatic heterocycles. The predicted molar refractivity (Wildman–Crippen MR) is 263 cm³/mol. The lowest BCUT2D eigenvalue weighted by Gasteiger charge is -2.11. The van der Waals surface area contributed by atoms with Gasteiger partial charge in [-0.2, -0.15) is 0 Å². The van der Waals surface area contributed by atoms with E-state index in [2.05, 4.69) is 13.2 Å². The minimum atomic E-state index is -1.20. The Balaban J connectivity index is 1.20. The third-order valence-corrected chi connectivity index (χ3v) is 11.5. The highest BCUT2D eigenvalue weighted by atomic mass is 19.1. The van der Waals surface area contributed by atoms with Crippen LogP contribution in [0.5, 0.6) is 23.0 Å². The lowest BCUT2D eigenvalue weighted by molar-refractivity contribution is -0.138. The third kappa shape index (κ3) is 26.1. The minimum absolute atomic E-state index is 0.0864. The summed E-state index contributed by atoms with van der Waals surface area (Å²) < 4.78 is 61.8. The number of benzene rings is 3. The van der Waals surface area contributed by atoms with Gasteiger partial charge in [0.2, 0.25) is 5.75 Å². The summed E-state index contributed by atoms with van der Waals surface area (Å²) in [4.78, 5) is 47.5. The zero-order chi connectivity index (χ0) is 48.9. The quantitative estimate of drug-likeness (QED) is 0.0236. The maximum atomic E-state index is 15.0. The van der Waals surface area contributed by atoms with Crippen molar-refractivity contribution in [2.45, 2.75) is 167 Å². The van der Waals surface area contributed by atoms with Crippen molar-refractivity contribution >= 4 is 23.9 Å². The number of halogens is 2. The minimum Gasteiger partial charge on any atom is -0.494 e. The van der Waals surface area contributed by atoms with E-state index in [9.17, 15) is 28.0 Å². The van der Waals surface area contributed by atoms with Gasteiger partial charge < -0.3 is 28.4 Å². The first-order valence-electron chi connectivity index (χ1n) is 25.2. The molecule has 0 aliphatic carbocycles. The first kappa shape index (κ1) is 56.8. The molecule has 0 saturated heterocycles. The maximum absolute atomic E-state index is 15.0.